The molecule has 5 heteroatoms. The van der Waals surface area contributed by atoms with Gasteiger partial charge in [-0.05, 0) is 24.0 Å². The third-order valence-corrected chi connectivity index (χ3v) is 3.04. The zero-order valence-electron chi connectivity index (χ0n) is 11.8. The second-order valence-corrected chi connectivity index (χ2v) is 5.28. The van der Waals surface area contributed by atoms with E-state index < -0.39 is 0 Å². The molecule has 4 N–H and O–H groups in total. The van der Waals surface area contributed by atoms with Crippen LogP contribution in [0.1, 0.15) is 30.6 Å². The van der Waals surface area contributed by atoms with E-state index >= 15 is 0 Å². The van der Waals surface area contributed by atoms with Crippen LogP contribution in [0, 0.1) is 5.41 Å². The van der Waals surface area contributed by atoms with Gasteiger partial charge in [0.2, 0.25) is 0 Å². The standard InChI is InChI=1S/C14H23N3O2/c1-14(2,8-9-19-3)10-16-13(18)11-6-4-5-7-12(11)17-15/h4-7,17H,8-10,15H2,1-3H3,(H,16,18). The first kappa shape index (κ1) is 15.5. The van der Waals surface area contributed by atoms with Crippen LogP contribution in [0.25, 0.3) is 0 Å². The van der Waals surface area contributed by atoms with Crippen LogP contribution in [0.5, 0.6) is 0 Å². The highest BCUT2D eigenvalue weighted by molar-refractivity contribution is 5.99. The highest BCUT2D eigenvalue weighted by atomic mass is 16.5. The Balaban J connectivity index is 2.60. The van der Waals surface area contributed by atoms with Crippen molar-refractivity contribution >= 4 is 11.6 Å². The van der Waals surface area contributed by atoms with E-state index in [4.69, 9.17) is 10.6 Å². The molecule has 0 aliphatic carbocycles. The number of nitrogens with two attached hydrogens (primary N) is 1. The molecule has 0 aliphatic heterocycles. The van der Waals surface area contributed by atoms with Crippen molar-refractivity contribution in [3.8, 4) is 0 Å². The maximum atomic E-state index is 12.1. The lowest BCUT2D eigenvalue weighted by atomic mass is 9.89. The molecule has 5 nitrogen and oxygen atoms in total. The SMILES string of the molecule is COCCC(C)(C)CNC(=O)c1ccccc1NN. The molecule has 0 fully saturated rings. The number of hydrazine groups is 1. The molecule has 0 aliphatic rings. The monoisotopic (exact) mass is 265 g/mol. The van der Waals surface area contributed by atoms with Crippen molar-refractivity contribution in [3.05, 3.63) is 29.8 Å². The summed E-state index contributed by atoms with van der Waals surface area (Å²) in [7, 11) is 1.68. The number of methoxy groups -OCH3 is 1. The molecule has 106 valence electrons. The fourth-order valence-corrected chi connectivity index (χ4v) is 1.69. The quantitative estimate of drug-likeness (QED) is 0.518. The van der Waals surface area contributed by atoms with Gasteiger partial charge in [-0.15, -0.1) is 0 Å². The molecule has 0 unspecified atom stereocenters. The summed E-state index contributed by atoms with van der Waals surface area (Å²) < 4.78 is 5.07. The maximum Gasteiger partial charge on any atom is 0.253 e. The fraction of sp³-hybridized carbons (Fsp3) is 0.500. The summed E-state index contributed by atoms with van der Waals surface area (Å²) in [5.41, 5.74) is 3.69. The average molecular weight is 265 g/mol. The number of hydrogen-bond acceptors (Lipinski definition) is 4. The number of nitrogens with one attached hydrogen (secondary N) is 2. The lowest BCUT2D eigenvalue weighted by Crippen LogP contribution is -2.35. The van der Waals surface area contributed by atoms with Gasteiger partial charge >= 0.3 is 0 Å². The first-order valence-electron chi connectivity index (χ1n) is 6.33. The maximum absolute atomic E-state index is 12.1. The van der Waals surface area contributed by atoms with Crippen molar-refractivity contribution in [3.63, 3.8) is 0 Å². The van der Waals surface area contributed by atoms with E-state index in [9.17, 15) is 4.79 Å². The van der Waals surface area contributed by atoms with E-state index in [0.717, 1.165) is 6.42 Å². The Morgan fingerprint density at radius 3 is 2.68 bits per heavy atom. The number of hydrogen-bond donors (Lipinski definition) is 3. The van der Waals surface area contributed by atoms with Crippen molar-refractivity contribution in [2.45, 2.75) is 20.3 Å². The first-order chi connectivity index (χ1) is 9.00. The van der Waals surface area contributed by atoms with Gasteiger partial charge in [0.05, 0.1) is 11.3 Å². The Kier molecular flexibility index (Phi) is 5.79. The van der Waals surface area contributed by atoms with Crippen molar-refractivity contribution < 1.29 is 9.53 Å². The number of anilines is 1. The van der Waals surface area contributed by atoms with E-state index in [1.807, 2.05) is 12.1 Å². The van der Waals surface area contributed by atoms with Gasteiger partial charge in [-0.2, -0.15) is 0 Å². The minimum Gasteiger partial charge on any atom is -0.385 e. The molecule has 1 amide bonds. The molecule has 0 spiro atoms. The number of amides is 1. The molecule has 1 rings (SSSR count). The summed E-state index contributed by atoms with van der Waals surface area (Å²) in [6.45, 7) is 5.47. The van der Waals surface area contributed by atoms with E-state index in [0.29, 0.717) is 24.4 Å². The predicted octanol–water partition coefficient (Wildman–Crippen LogP) is 1.76. The summed E-state index contributed by atoms with van der Waals surface area (Å²) in [5.74, 6) is 5.26. The molecular weight excluding hydrogens is 242 g/mol. The van der Waals surface area contributed by atoms with Crippen LogP contribution in [0.4, 0.5) is 5.69 Å². The van der Waals surface area contributed by atoms with Crippen molar-refractivity contribution in [1.82, 2.24) is 5.32 Å². The van der Waals surface area contributed by atoms with E-state index in [1.54, 1.807) is 19.2 Å². The molecule has 0 radical (unpaired) electrons. The average Bonchev–Trinajstić information content (AvgIpc) is 2.42. The first-order valence-corrected chi connectivity index (χ1v) is 6.33. The van der Waals surface area contributed by atoms with Crippen LogP contribution in [-0.4, -0.2) is 26.2 Å². The van der Waals surface area contributed by atoms with Crippen LogP contribution in [0.15, 0.2) is 24.3 Å². The topological polar surface area (TPSA) is 76.4 Å². The minimum atomic E-state index is -0.126. The van der Waals surface area contributed by atoms with Gasteiger partial charge in [0, 0.05) is 20.3 Å². The molecule has 0 aromatic heterocycles. The predicted molar refractivity (Wildman–Crippen MR) is 76.9 cm³/mol. The van der Waals surface area contributed by atoms with Crippen LogP contribution in [0.2, 0.25) is 0 Å². The van der Waals surface area contributed by atoms with E-state index in [1.165, 1.54) is 0 Å². The highest BCUT2D eigenvalue weighted by Gasteiger charge is 2.19. The fourth-order valence-electron chi connectivity index (χ4n) is 1.69. The Hall–Kier alpha value is -1.59. The smallest absolute Gasteiger partial charge is 0.253 e. The van der Waals surface area contributed by atoms with Gasteiger partial charge in [0.15, 0.2) is 0 Å². The zero-order chi connectivity index (χ0) is 14.3. The molecule has 19 heavy (non-hydrogen) atoms. The molecule has 0 heterocycles. The number of benzene rings is 1. The Morgan fingerprint density at radius 2 is 2.05 bits per heavy atom. The number of carbonyl (C=O) groups excluding carboxylic acids is 1. The summed E-state index contributed by atoms with van der Waals surface area (Å²) in [6.07, 6.45) is 0.889. The molecule has 1 aromatic rings. The summed E-state index contributed by atoms with van der Waals surface area (Å²) in [4.78, 5) is 12.1. The third kappa shape index (κ3) is 4.89. The van der Waals surface area contributed by atoms with Gasteiger partial charge in [-0.3, -0.25) is 10.6 Å². The highest BCUT2D eigenvalue weighted by Crippen LogP contribution is 2.19. The van der Waals surface area contributed by atoms with Gasteiger partial charge in [-0.1, -0.05) is 26.0 Å². The summed E-state index contributed by atoms with van der Waals surface area (Å²) in [6, 6.07) is 7.15. The molecule has 0 bridgehead atoms. The number of para-hydroxylation sites is 1. The molecular formula is C14H23N3O2. The molecule has 0 saturated heterocycles. The largest absolute Gasteiger partial charge is 0.385 e. The summed E-state index contributed by atoms with van der Waals surface area (Å²) in [5, 5.41) is 2.93. The molecule has 0 atom stereocenters. The van der Waals surface area contributed by atoms with Gasteiger partial charge in [-0.25, -0.2) is 0 Å². The van der Waals surface area contributed by atoms with Crippen molar-refractivity contribution in [1.29, 1.82) is 0 Å². The number of rotatable bonds is 7. The van der Waals surface area contributed by atoms with Gasteiger partial charge in [0.1, 0.15) is 0 Å². The lowest BCUT2D eigenvalue weighted by molar-refractivity contribution is 0.0921. The van der Waals surface area contributed by atoms with E-state index in [2.05, 4.69) is 24.6 Å². The second-order valence-electron chi connectivity index (χ2n) is 5.28. The second kappa shape index (κ2) is 7.11. The zero-order valence-corrected chi connectivity index (χ0v) is 11.8. The lowest BCUT2D eigenvalue weighted by Gasteiger charge is -2.24. The van der Waals surface area contributed by atoms with Gasteiger partial charge in [0.25, 0.3) is 5.91 Å². The normalized spacial score (nSPS) is 11.2. The Labute approximate surface area is 114 Å². The number of carbonyl (C=O) groups is 1. The molecule has 1 aromatic carbocycles. The van der Waals surface area contributed by atoms with Crippen LogP contribution >= 0.6 is 0 Å². The van der Waals surface area contributed by atoms with Crippen LogP contribution in [0.3, 0.4) is 0 Å². The minimum absolute atomic E-state index is 0.00322. The molecule has 0 saturated carbocycles. The van der Waals surface area contributed by atoms with Crippen molar-refractivity contribution in [2.24, 2.45) is 11.3 Å². The van der Waals surface area contributed by atoms with Crippen LogP contribution in [-0.2, 0) is 4.74 Å². The third-order valence-electron chi connectivity index (χ3n) is 3.04. The Bertz CT molecular complexity index is 419. The van der Waals surface area contributed by atoms with Crippen molar-refractivity contribution in [2.75, 3.05) is 25.7 Å². The Morgan fingerprint density at radius 1 is 1.37 bits per heavy atom. The summed E-state index contributed by atoms with van der Waals surface area (Å²) >= 11 is 0. The van der Waals surface area contributed by atoms with Crippen LogP contribution < -0.4 is 16.6 Å². The number of ether oxygens (including phenoxy) is 1. The number of nitrogen functional groups attached to an aromatic ring is 1. The van der Waals surface area contributed by atoms with E-state index in [-0.39, 0.29) is 11.3 Å². The van der Waals surface area contributed by atoms with Gasteiger partial charge < -0.3 is 15.5 Å².